The minimum Gasteiger partial charge on any atom is -0.229 e. The molecule has 0 heterocycles. The smallest absolute Gasteiger partial charge is 0.154 e. The highest BCUT2D eigenvalue weighted by Gasteiger charge is 2.20. The molecule has 0 aliphatic carbocycles. The van der Waals surface area contributed by atoms with Crippen LogP contribution in [0, 0.1) is 0 Å². The molecule has 1 unspecified atom stereocenters. The molecule has 0 aromatic heterocycles. The van der Waals surface area contributed by atoms with Gasteiger partial charge in [-0.05, 0) is 19.8 Å². The first-order chi connectivity index (χ1) is 7.75. The number of sulfone groups is 2. The maximum atomic E-state index is 11.6. The predicted molar refractivity (Wildman–Crippen MR) is 72.6 cm³/mol. The lowest BCUT2D eigenvalue weighted by Crippen LogP contribution is -2.23. The van der Waals surface area contributed by atoms with Crippen molar-refractivity contribution < 1.29 is 16.8 Å². The number of alkyl halides is 2. The van der Waals surface area contributed by atoms with Gasteiger partial charge in [0.25, 0.3) is 0 Å². The third-order valence-corrected chi connectivity index (χ3v) is 7.23. The van der Waals surface area contributed by atoms with E-state index < -0.39 is 24.9 Å². The molecular formula is C9H18Cl2O4S2. The Balaban J connectivity index is 4.14. The van der Waals surface area contributed by atoms with E-state index in [0.717, 1.165) is 0 Å². The number of hydrogen-bond donors (Lipinski definition) is 0. The lowest BCUT2D eigenvalue weighted by molar-refractivity contribution is 0.572. The monoisotopic (exact) mass is 324 g/mol. The van der Waals surface area contributed by atoms with E-state index in [0.29, 0.717) is 12.8 Å². The zero-order valence-electron chi connectivity index (χ0n) is 9.73. The average molecular weight is 325 g/mol. The Morgan fingerprint density at radius 1 is 0.941 bits per heavy atom. The second kappa shape index (κ2) is 7.81. The second-order valence-corrected chi connectivity index (χ2v) is 9.45. The fourth-order valence-electron chi connectivity index (χ4n) is 1.30. The van der Waals surface area contributed by atoms with Gasteiger partial charge in [0.05, 0.1) is 22.5 Å². The summed E-state index contributed by atoms with van der Waals surface area (Å²) in [6.45, 7) is 1.58. The van der Waals surface area contributed by atoms with Crippen molar-refractivity contribution in [3.8, 4) is 0 Å². The van der Waals surface area contributed by atoms with Crippen LogP contribution in [0.4, 0.5) is 0 Å². The first-order valence-corrected chi connectivity index (χ1v) is 9.89. The third-order valence-electron chi connectivity index (χ3n) is 2.43. The lowest BCUT2D eigenvalue weighted by atomic mass is 10.3. The molecule has 0 aliphatic rings. The summed E-state index contributed by atoms with van der Waals surface area (Å²) < 4.78 is 45.8. The van der Waals surface area contributed by atoms with E-state index >= 15 is 0 Å². The summed E-state index contributed by atoms with van der Waals surface area (Å²) >= 11 is 10.7. The summed E-state index contributed by atoms with van der Waals surface area (Å²) in [6, 6.07) is 0. The van der Waals surface area contributed by atoms with E-state index in [1.165, 1.54) is 0 Å². The molecule has 4 nitrogen and oxygen atoms in total. The Morgan fingerprint density at radius 2 is 1.47 bits per heavy atom. The van der Waals surface area contributed by atoms with Gasteiger partial charge in [-0.3, -0.25) is 0 Å². The predicted octanol–water partition coefficient (Wildman–Crippen LogP) is 1.46. The average Bonchev–Trinajstić information content (AvgIpc) is 2.16. The quantitative estimate of drug-likeness (QED) is 0.602. The summed E-state index contributed by atoms with van der Waals surface area (Å²) in [5.74, 6) is 0.00161. The van der Waals surface area contributed by atoms with E-state index in [1.54, 1.807) is 6.92 Å². The maximum absolute atomic E-state index is 11.6. The van der Waals surface area contributed by atoms with Crippen LogP contribution < -0.4 is 0 Å². The molecule has 104 valence electrons. The zero-order chi connectivity index (χ0) is 13.5. The second-order valence-electron chi connectivity index (χ2n) is 3.85. The summed E-state index contributed by atoms with van der Waals surface area (Å²) in [6.07, 6.45) is 0.669. The zero-order valence-corrected chi connectivity index (χ0v) is 12.9. The number of rotatable bonds is 9. The fraction of sp³-hybridized carbons (Fsp3) is 1.00. The van der Waals surface area contributed by atoms with Gasteiger partial charge in [-0.25, -0.2) is 16.8 Å². The van der Waals surface area contributed by atoms with Crippen molar-refractivity contribution in [2.45, 2.75) is 25.0 Å². The minimum absolute atomic E-state index is 0.0134. The molecule has 1 atom stereocenters. The van der Waals surface area contributed by atoms with E-state index in [1.807, 2.05) is 0 Å². The Labute approximate surface area is 114 Å². The molecule has 0 saturated heterocycles. The minimum atomic E-state index is -3.19. The van der Waals surface area contributed by atoms with E-state index in [4.69, 9.17) is 23.2 Å². The van der Waals surface area contributed by atoms with E-state index in [9.17, 15) is 16.8 Å². The van der Waals surface area contributed by atoms with E-state index in [2.05, 4.69) is 0 Å². The van der Waals surface area contributed by atoms with Crippen molar-refractivity contribution in [1.29, 1.82) is 0 Å². The van der Waals surface area contributed by atoms with Gasteiger partial charge in [-0.15, -0.1) is 23.2 Å². The van der Waals surface area contributed by atoms with E-state index in [-0.39, 0.29) is 29.0 Å². The van der Waals surface area contributed by atoms with Gasteiger partial charge < -0.3 is 0 Å². The molecule has 8 heteroatoms. The molecule has 0 amide bonds. The summed E-state index contributed by atoms with van der Waals surface area (Å²) in [4.78, 5) is 0. The Kier molecular flexibility index (Phi) is 8.04. The van der Waals surface area contributed by atoms with Crippen molar-refractivity contribution in [3.63, 3.8) is 0 Å². The standard InChI is InChI=1S/C9H18Cl2O4S2/c1-9(17(14,15)8-5-11)3-2-6-16(12,13)7-4-10/h9H,2-8H2,1H3. The Hall–Kier alpha value is 0.480. The molecule has 0 aromatic carbocycles. The third kappa shape index (κ3) is 7.49. The van der Waals surface area contributed by atoms with Crippen LogP contribution in [0.1, 0.15) is 19.8 Å². The van der Waals surface area contributed by atoms with Crippen LogP contribution in [0.25, 0.3) is 0 Å². The molecule has 0 rings (SSSR count). The van der Waals surface area contributed by atoms with Crippen LogP contribution in [0.5, 0.6) is 0 Å². The van der Waals surface area contributed by atoms with Crippen molar-refractivity contribution >= 4 is 42.9 Å². The first kappa shape index (κ1) is 17.5. The van der Waals surface area contributed by atoms with Crippen LogP contribution in [-0.2, 0) is 19.7 Å². The number of halogens is 2. The summed E-state index contributed by atoms with van der Waals surface area (Å²) in [5.41, 5.74) is 0. The summed E-state index contributed by atoms with van der Waals surface area (Å²) in [5, 5.41) is -0.549. The SMILES string of the molecule is CC(CCCS(=O)(=O)CCCl)S(=O)(=O)CCCl. The molecule has 0 saturated carbocycles. The molecule has 0 bridgehead atoms. The fourth-order valence-corrected chi connectivity index (χ4v) is 4.84. The van der Waals surface area contributed by atoms with Gasteiger partial charge in [-0.1, -0.05) is 0 Å². The van der Waals surface area contributed by atoms with Gasteiger partial charge in [0.15, 0.2) is 19.7 Å². The Morgan fingerprint density at radius 3 is 1.94 bits per heavy atom. The van der Waals surface area contributed by atoms with Crippen LogP contribution in [0.3, 0.4) is 0 Å². The van der Waals surface area contributed by atoms with Gasteiger partial charge in [0.1, 0.15) is 0 Å². The van der Waals surface area contributed by atoms with Crippen molar-refractivity contribution in [2.75, 3.05) is 29.0 Å². The van der Waals surface area contributed by atoms with Crippen LogP contribution in [-0.4, -0.2) is 51.1 Å². The molecule has 0 spiro atoms. The largest absolute Gasteiger partial charge is 0.229 e. The normalized spacial score (nSPS) is 14.8. The van der Waals surface area contributed by atoms with Gasteiger partial charge in [0, 0.05) is 11.8 Å². The summed E-state index contributed by atoms with van der Waals surface area (Å²) in [7, 11) is -6.33. The van der Waals surface area contributed by atoms with Crippen molar-refractivity contribution in [3.05, 3.63) is 0 Å². The van der Waals surface area contributed by atoms with Crippen LogP contribution >= 0.6 is 23.2 Å². The van der Waals surface area contributed by atoms with Gasteiger partial charge >= 0.3 is 0 Å². The first-order valence-electron chi connectivity index (χ1n) is 5.29. The maximum Gasteiger partial charge on any atom is 0.154 e. The van der Waals surface area contributed by atoms with Crippen LogP contribution in [0.15, 0.2) is 0 Å². The molecule has 17 heavy (non-hydrogen) atoms. The molecule has 0 radical (unpaired) electrons. The highest BCUT2D eigenvalue weighted by molar-refractivity contribution is 7.92. The lowest BCUT2D eigenvalue weighted by Gasteiger charge is -2.11. The molecular weight excluding hydrogens is 307 g/mol. The van der Waals surface area contributed by atoms with Crippen molar-refractivity contribution in [2.24, 2.45) is 0 Å². The molecule has 0 aromatic rings. The topological polar surface area (TPSA) is 68.3 Å². The highest BCUT2D eigenvalue weighted by atomic mass is 35.5. The van der Waals surface area contributed by atoms with Crippen LogP contribution in [0.2, 0.25) is 0 Å². The highest BCUT2D eigenvalue weighted by Crippen LogP contribution is 2.11. The molecule has 0 N–H and O–H groups in total. The molecule has 0 aliphatic heterocycles. The Bertz CT molecular complexity index is 403. The van der Waals surface area contributed by atoms with Gasteiger partial charge in [0.2, 0.25) is 0 Å². The van der Waals surface area contributed by atoms with Gasteiger partial charge in [-0.2, -0.15) is 0 Å². The number of hydrogen-bond acceptors (Lipinski definition) is 4. The molecule has 0 fully saturated rings. The van der Waals surface area contributed by atoms with Crippen molar-refractivity contribution in [1.82, 2.24) is 0 Å².